The Labute approximate surface area is 88.0 Å². The first kappa shape index (κ1) is 8.87. The predicted molar refractivity (Wildman–Crippen MR) is 54.2 cm³/mol. The smallest absolute Gasteiger partial charge is 0.171 e. The maximum absolute atomic E-state index is 5.89. The molecule has 0 unspecified atom stereocenters. The van der Waals surface area contributed by atoms with Crippen molar-refractivity contribution in [3.8, 4) is 11.3 Å². The maximum atomic E-state index is 5.89. The van der Waals surface area contributed by atoms with Crippen LogP contribution in [0, 0.1) is 0 Å². The van der Waals surface area contributed by atoms with Gasteiger partial charge in [0.05, 0.1) is 9.90 Å². The summed E-state index contributed by atoms with van der Waals surface area (Å²) in [7, 11) is 0. The van der Waals surface area contributed by atoms with E-state index in [2.05, 4.69) is 5.16 Å². The SMILES string of the molecule is Nc1cc(-c2cc(Cl)sc2Cl)on1. The predicted octanol–water partition coefficient (Wildman–Crippen LogP) is 3.29. The van der Waals surface area contributed by atoms with Gasteiger partial charge in [-0.3, -0.25) is 0 Å². The van der Waals surface area contributed by atoms with Gasteiger partial charge in [0.2, 0.25) is 0 Å². The van der Waals surface area contributed by atoms with Crippen molar-refractivity contribution < 1.29 is 4.52 Å². The third-order valence-corrected chi connectivity index (χ3v) is 2.94. The van der Waals surface area contributed by atoms with Gasteiger partial charge in [-0.1, -0.05) is 28.4 Å². The average Bonchev–Trinajstić information content (AvgIpc) is 2.58. The van der Waals surface area contributed by atoms with Gasteiger partial charge >= 0.3 is 0 Å². The Hall–Kier alpha value is -0.710. The van der Waals surface area contributed by atoms with Crippen LogP contribution in [0.25, 0.3) is 11.3 Å². The Morgan fingerprint density at radius 2 is 2.15 bits per heavy atom. The monoisotopic (exact) mass is 234 g/mol. The first-order valence-electron chi connectivity index (χ1n) is 3.34. The zero-order chi connectivity index (χ0) is 9.42. The Morgan fingerprint density at radius 3 is 2.62 bits per heavy atom. The molecule has 0 aliphatic heterocycles. The number of hydrogen-bond acceptors (Lipinski definition) is 4. The van der Waals surface area contributed by atoms with Crippen LogP contribution in [0.3, 0.4) is 0 Å². The van der Waals surface area contributed by atoms with Gasteiger partial charge in [0.15, 0.2) is 11.6 Å². The maximum Gasteiger partial charge on any atom is 0.171 e. The molecule has 2 heterocycles. The van der Waals surface area contributed by atoms with Crippen molar-refractivity contribution in [2.45, 2.75) is 0 Å². The summed E-state index contributed by atoms with van der Waals surface area (Å²) in [5.74, 6) is 0.860. The van der Waals surface area contributed by atoms with Crippen molar-refractivity contribution in [1.29, 1.82) is 0 Å². The third kappa shape index (κ3) is 1.65. The highest BCUT2D eigenvalue weighted by Gasteiger charge is 2.12. The number of anilines is 1. The number of thiophene rings is 1. The van der Waals surface area contributed by atoms with Crippen LogP contribution in [0.15, 0.2) is 16.7 Å². The van der Waals surface area contributed by atoms with Crippen molar-refractivity contribution in [2.24, 2.45) is 0 Å². The molecule has 0 fully saturated rings. The van der Waals surface area contributed by atoms with E-state index < -0.39 is 0 Å². The van der Waals surface area contributed by atoms with Gasteiger partial charge in [-0.05, 0) is 6.07 Å². The standard InChI is InChI=1S/C7H4Cl2N2OS/c8-5-1-3(7(9)13-5)4-2-6(10)11-12-4/h1-2H,(H2,10,11). The minimum atomic E-state index is 0.327. The van der Waals surface area contributed by atoms with Crippen LogP contribution in [-0.2, 0) is 0 Å². The van der Waals surface area contributed by atoms with Crippen LogP contribution >= 0.6 is 34.5 Å². The Bertz CT molecular complexity index is 437. The van der Waals surface area contributed by atoms with Crippen molar-refractivity contribution in [1.82, 2.24) is 5.16 Å². The first-order valence-corrected chi connectivity index (χ1v) is 4.91. The molecule has 2 rings (SSSR count). The van der Waals surface area contributed by atoms with E-state index in [1.54, 1.807) is 12.1 Å². The first-order chi connectivity index (χ1) is 6.16. The van der Waals surface area contributed by atoms with Gasteiger partial charge in [0, 0.05) is 6.07 Å². The molecule has 3 nitrogen and oxygen atoms in total. The van der Waals surface area contributed by atoms with E-state index in [4.69, 9.17) is 33.5 Å². The molecule has 68 valence electrons. The van der Waals surface area contributed by atoms with Gasteiger partial charge in [0.1, 0.15) is 4.34 Å². The Morgan fingerprint density at radius 1 is 1.38 bits per heavy atom. The van der Waals surface area contributed by atoms with Crippen LogP contribution in [0.5, 0.6) is 0 Å². The molecule has 2 aromatic rings. The Kier molecular flexibility index (Phi) is 2.19. The van der Waals surface area contributed by atoms with E-state index in [1.807, 2.05) is 0 Å². The highest BCUT2D eigenvalue weighted by Crippen LogP contribution is 2.38. The zero-order valence-corrected chi connectivity index (χ0v) is 8.58. The van der Waals surface area contributed by atoms with E-state index in [9.17, 15) is 0 Å². The third-order valence-electron chi connectivity index (χ3n) is 1.45. The molecular weight excluding hydrogens is 231 g/mol. The number of nitrogens with zero attached hydrogens (tertiary/aromatic N) is 1. The van der Waals surface area contributed by atoms with Crippen molar-refractivity contribution >= 4 is 40.4 Å². The summed E-state index contributed by atoms with van der Waals surface area (Å²) in [5, 5.41) is 3.55. The number of rotatable bonds is 1. The summed E-state index contributed by atoms with van der Waals surface area (Å²) in [6.07, 6.45) is 0. The second-order valence-electron chi connectivity index (χ2n) is 2.35. The average molecular weight is 235 g/mol. The zero-order valence-electron chi connectivity index (χ0n) is 6.25. The van der Waals surface area contributed by atoms with E-state index in [-0.39, 0.29) is 0 Å². The molecular formula is C7H4Cl2N2OS. The van der Waals surface area contributed by atoms with Crippen LogP contribution in [0.1, 0.15) is 0 Å². The van der Waals surface area contributed by atoms with E-state index in [0.29, 0.717) is 20.3 Å². The summed E-state index contributed by atoms with van der Waals surface area (Å²) in [5.41, 5.74) is 6.12. The minimum absolute atomic E-state index is 0.327. The Balaban J connectivity index is 2.51. The van der Waals surface area contributed by atoms with E-state index in [0.717, 1.165) is 5.56 Å². The molecule has 0 aliphatic carbocycles. The lowest BCUT2D eigenvalue weighted by atomic mass is 10.3. The molecule has 0 bridgehead atoms. The molecule has 0 aliphatic rings. The van der Waals surface area contributed by atoms with Crippen LogP contribution in [0.2, 0.25) is 8.67 Å². The number of nitrogen functional groups attached to an aromatic ring is 1. The topological polar surface area (TPSA) is 52.0 Å². The summed E-state index contributed by atoms with van der Waals surface area (Å²) < 4.78 is 6.11. The summed E-state index contributed by atoms with van der Waals surface area (Å²) >= 11 is 12.9. The quantitative estimate of drug-likeness (QED) is 0.824. The molecule has 2 N–H and O–H groups in total. The molecule has 0 aromatic carbocycles. The highest BCUT2D eigenvalue weighted by atomic mass is 35.5. The minimum Gasteiger partial charge on any atom is -0.381 e. The molecule has 6 heteroatoms. The second-order valence-corrected chi connectivity index (χ2v) is 4.64. The molecule has 0 saturated carbocycles. The van der Waals surface area contributed by atoms with E-state index in [1.165, 1.54) is 11.3 Å². The van der Waals surface area contributed by atoms with Gasteiger partial charge in [0.25, 0.3) is 0 Å². The van der Waals surface area contributed by atoms with E-state index >= 15 is 0 Å². The van der Waals surface area contributed by atoms with Crippen LogP contribution < -0.4 is 5.73 Å². The fraction of sp³-hybridized carbons (Fsp3) is 0. The molecule has 0 amide bonds. The van der Waals surface area contributed by atoms with Gasteiger partial charge in [-0.15, -0.1) is 11.3 Å². The van der Waals surface area contributed by atoms with Crippen molar-refractivity contribution in [3.05, 3.63) is 20.8 Å². The summed E-state index contributed by atoms with van der Waals surface area (Å²) in [4.78, 5) is 0. The molecule has 13 heavy (non-hydrogen) atoms. The molecule has 0 saturated heterocycles. The fourth-order valence-electron chi connectivity index (χ4n) is 0.924. The lowest BCUT2D eigenvalue weighted by molar-refractivity contribution is 0.436. The fourth-order valence-corrected chi connectivity index (χ4v) is 2.40. The molecule has 0 atom stereocenters. The highest BCUT2D eigenvalue weighted by molar-refractivity contribution is 7.20. The van der Waals surface area contributed by atoms with Gasteiger partial charge in [-0.2, -0.15) is 0 Å². The number of nitrogens with two attached hydrogens (primary N) is 1. The van der Waals surface area contributed by atoms with Crippen molar-refractivity contribution in [2.75, 3.05) is 5.73 Å². The largest absolute Gasteiger partial charge is 0.381 e. The molecule has 0 spiro atoms. The summed E-state index contributed by atoms with van der Waals surface area (Å²) in [6, 6.07) is 3.32. The summed E-state index contributed by atoms with van der Waals surface area (Å²) in [6.45, 7) is 0. The van der Waals surface area contributed by atoms with Gasteiger partial charge in [-0.25, -0.2) is 0 Å². The lowest BCUT2D eigenvalue weighted by Gasteiger charge is -1.87. The number of hydrogen-bond donors (Lipinski definition) is 1. The second kappa shape index (κ2) is 3.21. The van der Waals surface area contributed by atoms with Crippen LogP contribution in [0.4, 0.5) is 5.82 Å². The van der Waals surface area contributed by atoms with Crippen LogP contribution in [-0.4, -0.2) is 5.16 Å². The normalized spacial score (nSPS) is 10.6. The number of halogens is 2. The molecule has 2 aromatic heterocycles. The lowest BCUT2D eigenvalue weighted by Crippen LogP contribution is -1.79. The number of aromatic nitrogens is 1. The van der Waals surface area contributed by atoms with Gasteiger partial charge < -0.3 is 10.3 Å². The molecule has 0 radical (unpaired) electrons. The van der Waals surface area contributed by atoms with Crippen molar-refractivity contribution in [3.63, 3.8) is 0 Å².